The van der Waals surface area contributed by atoms with Gasteiger partial charge in [-0.25, -0.2) is 14.2 Å². The van der Waals surface area contributed by atoms with Gasteiger partial charge in [-0.05, 0) is 30.2 Å². The Kier molecular flexibility index (Phi) is 6.08. The van der Waals surface area contributed by atoms with Crippen LogP contribution in [0.5, 0.6) is 0 Å². The molecule has 1 heterocycles. The lowest BCUT2D eigenvalue weighted by molar-refractivity contribution is 0.238. The molecule has 0 aliphatic rings. The number of aryl methyl sites for hydroxylation is 1. The van der Waals surface area contributed by atoms with Crippen molar-refractivity contribution in [3.63, 3.8) is 0 Å². The van der Waals surface area contributed by atoms with Crippen LogP contribution in [0.4, 0.5) is 9.18 Å². The second-order valence-corrected chi connectivity index (χ2v) is 6.57. The van der Waals surface area contributed by atoms with Crippen molar-refractivity contribution in [2.45, 2.75) is 12.5 Å². The molecule has 1 aromatic heterocycles. The Hall–Kier alpha value is -2.86. The van der Waals surface area contributed by atoms with Gasteiger partial charge in [-0.3, -0.25) is 0 Å². The summed E-state index contributed by atoms with van der Waals surface area (Å²) in [5.74, 6) is 0.148. The number of carbonyl (C=O) groups is 1. The molecule has 1 atom stereocenters. The summed E-state index contributed by atoms with van der Waals surface area (Å²) in [4.78, 5) is 16.7. The van der Waals surface area contributed by atoms with E-state index in [1.807, 2.05) is 18.2 Å². The summed E-state index contributed by atoms with van der Waals surface area (Å²) in [6, 6.07) is 12.7. The van der Waals surface area contributed by atoms with E-state index in [0.29, 0.717) is 29.4 Å². The van der Waals surface area contributed by atoms with Gasteiger partial charge in [-0.15, -0.1) is 0 Å². The Morgan fingerprint density at radius 2 is 2.07 bits per heavy atom. The fraction of sp³-hybridized carbons (Fsp3) is 0.200. The molecule has 0 spiro atoms. The summed E-state index contributed by atoms with van der Waals surface area (Å²) in [6.07, 6.45) is 4.00. The summed E-state index contributed by atoms with van der Waals surface area (Å²) in [5, 5.41) is 6.27. The fourth-order valence-electron chi connectivity index (χ4n) is 2.84. The number of imidazole rings is 1. The van der Waals surface area contributed by atoms with E-state index in [2.05, 4.69) is 15.6 Å². The Morgan fingerprint density at radius 3 is 2.78 bits per heavy atom. The number of carbonyl (C=O) groups excluding carboxylic acids is 1. The molecule has 3 aromatic rings. The number of hydrogen-bond acceptors (Lipinski definition) is 2. The summed E-state index contributed by atoms with van der Waals surface area (Å²) >= 11 is 5.97. The lowest BCUT2D eigenvalue weighted by Crippen LogP contribution is -2.40. The van der Waals surface area contributed by atoms with E-state index in [-0.39, 0.29) is 0 Å². The van der Waals surface area contributed by atoms with E-state index < -0.39 is 17.9 Å². The molecular weight excluding hydrogens is 367 g/mol. The molecule has 0 fully saturated rings. The van der Waals surface area contributed by atoms with E-state index in [9.17, 15) is 9.18 Å². The molecule has 2 aromatic carbocycles. The normalized spacial score (nSPS) is 11.8. The molecule has 0 saturated carbocycles. The second-order valence-electron chi connectivity index (χ2n) is 6.13. The molecule has 0 unspecified atom stereocenters. The molecule has 2 N–H and O–H groups in total. The molecular formula is C20H20ClFN4O. The van der Waals surface area contributed by atoms with Crippen LogP contribution < -0.4 is 10.6 Å². The van der Waals surface area contributed by atoms with Gasteiger partial charge in [0.15, 0.2) is 0 Å². The zero-order valence-corrected chi connectivity index (χ0v) is 15.6. The summed E-state index contributed by atoms with van der Waals surface area (Å²) in [7, 11) is 1.80. The Labute approximate surface area is 162 Å². The van der Waals surface area contributed by atoms with Crippen LogP contribution in [0.3, 0.4) is 0 Å². The molecule has 140 valence electrons. The van der Waals surface area contributed by atoms with E-state index in [1.165, 1.54) is 6.07 Å². The van der Waals surface area contributed by atoms with Gasteiger partial charge in [-0.2, -0.15) is 0 Å². The van der Waals surface area contributed by atoms with Crippen molar-refractivity contribution in [3.8, 4) is 0 Å². The van der Waals surface area contributed by atoms with E-state index in [0.717, 1.165) is 5.56 Å². The maximum Gasteiger partial charge on any atom is 0.315 e. The Balaban J connectivity index is 1.68. The number of benzene rings is 2. The number of nitrogens with one attached hydrogen (secondary N) is 2. The first-order chi connectivity index (χ1) is 13.0. The van der Waals surface area contributed by atoms with Gasteiger partial charge in [0, 0.05) is 36.6 Å². The van der Waals surface area contributed by atoms with E-state index >= 15 is 0 Å². The predicted octanol–water partition coefficient (Wildman–Crippen LogP) is 3.84. The van der Waals surface area contributed by atoms with E-state index in [1.54, 1.807) is 48.3 Å². The number of rotatable bonds is 6. The first-order valence-electron chi connectivity index (χ1n) is 8.55. The maximum absolute atomic E-state index is 14.3. The lowest BCUT2D eigenvalue weighted by atomic mass is 10.1. The van der Waals surface area contributed by atoms with Gasteiger partial charge in [0.1, 0.15) is 17.7 Å². The predicted molar refractivity (Wildman–Crippen MR) is 103 cm³/mol. The van der Waals surface area contributed by atoms with Crippen molar-refractivity contribution < 1.29 is 9.18 Å². The highest BCUT2D eigenvalue weighted by atomic mass is 35.5. The molecule has 2 amide bonds. The summed E-state index contributed by atoms with van der Waals surface area (Å²) in [6.45, 7) is 0.427. The maximum atomic E-state index is 14.3. The van der Waals surface area contributed by atoms with Crippen molar-refractivity contribution in [1.29, 1.82) is 0 Å². The van der Waals surface area contributed by atoms with Crippen LogP contribution in [0, 0.1) is 5.82 Å². The molecule has 0 aliphatic carbocycles. The van der Waals surface area contributed by atoms with Crippen LogP contribution in [0.2, 0.25) is 5.02 Å². The third-order valence-electron chi connectivity index (χ3n) is 4.20. The molecule has 5 nitrogen and oxygen atoms in total. The smallest absolute Gasteiger partial charge is 0.315 e. The number of halogens is 2. The minimum atomic E-state index is -0.697. The molecule has 27 heavy (non-hydrogen) atoms. The van der Waals surface area contributed by atoms with Crippen molar-refractivity contribution in [2.24, 2.45) is 7.05 Å². The Bertz CT molecular complexity index is 928. The second kappa shape index (κ2) is 8.68. The largest absolute Gasteiger partial charge is 0.338 e. The van der Waals surface area contributed by atoms with Gasteiger partial charge in [-0.1, -0.05) is 41.9 Å². The van der Waals surface area contributed by atoms with Crippen LogP contribution in [0.25, 0.3) is 0 Å². The topological polar surface area (TPSA) is 59.0 Å². The van der Waals surface area contributed by atoms with Crippen LogP contribution >= 0.6 is 11.6 Å². The fourth-order valence-corrected chi connectivity index (χ4v) is 3.05. The quantitative estimate of drug-likeness (QED) is 0.676. The third-order valence-corrected chi connectivity index (χ3v) is 4.43. The SMILES string of the molecule is Cn1ccnc1[C@H](NC(=O)NCCc1cccc(Cl)c1)c1ccccc1F. The highest BCUT2D eigenvalue weighted by Gasteiger charge is 2.23. The standard InChI is InChI=1S/C20H20ClFN4O/c1-26-12-11-23-19(26)18(16-7-2-3-8-17(16)22)25-20(27)24-10-9-14-5-4-6-15(21)13-14/h2-8,11-13,18H,9-10H2,1H3,(H2,24,25,27)/t18-/m1/s1. The van der Waals surface area contributed by atoms with Gasteiger partial charge >= 0.3 is 6.03 Å². The number of hydrogen-bond donors (Lipinski definition) is 2. The highest BCUT2D eigenvalue weighted by Crippen LogP contribution is 2.22. The highest BCUT2D eigenvalue weighted by molar-refractivity contribution is 6.30. The van der Waals surface area contributed by atoms with Crippen LogP contribution in [-0.4, -0.2) is 22.1 Å². The Morgan fingerprint density at radius 1 is 1.26 bits per heavy atom. The lowest BCUT2D eigenvalue weighted by Gasteiger charge is -2.20. The first kappa shape index (κ1) is 18.9. The van der Waals surface area contributed by atoms with Crippen LogP contribution in [-0.2, 0) is 13.5 Å². The number of aromatic nitrogens is 2. The number of amides is 2. The molecule has 0 bridgehead atoms. The molecule has 0 saturated heterocycles. The average molecular weight is 387 g/mol. The van der Waals surface area contributed by atoms with Crippen molar-refractivity contribution in [3.05, 3.63) is 88.7 Å². The molecule has 3 rings (SSSR count). The average Bonchev–Trinajstić information content (AvgIpc) is 3.06. The third kappa shape index (κ3) is 4.86. The summed E-state index contributed by atoms with van der Waals surface area (Å²) < 4.78 is 16.1. The monoisotopic (exact) mass is 386 g/mol. The summed E-state index contributed by atoms with van der Waals surface area (Å²) in [5.41, 5.74) is 1.38. The van der Waals surface area contributed by atoms with Gasteiger partial charge in [0.25, 0.3) is 0 Å². The van der Waals surface area contributed by atoms with E-state index in [4.69, 9.17) is 11.6 Å². The molecule has 0 aliphatic heterocycles. The minimum Gasteiger partial charge on any atom is -0.338 e. The van der Waals surface area contributed by atoms with Gasteiger partial charge < -0.3 is 15.2 Å². The molecule has 0 radical (unpaired) electrons. The van der Waals surface area contributed by atoms with Crippen LogP contribution in [0.1, 0.15) is 23.0 Å². The van der Waals surface area contributed by atoms with Crippen molar-refractivity contribution >= 4 is 17.6 Å². The molecule has 7 heteroatoms. The van der Waals surface area contributed by atoms with Gasteiger partial charge in [0.2, 0.25) is 0 Å². The zero-order chi connectivity index (χ0) is 19.2. The minimum absolute atomic E-state index is 0.358. The van der Waals surface area contributed by atoms with Crippen molar-refractivity contribution in [2.75, 3.05) is 6.54 Å². The first-order valence-corrected chi connectivity index (χ1v) is 8.93. The number of nitrogens with zero attached hydrogens (tertiary/aromatic N) is 2. The van der Waals surface area contributed by atoms with Crippen LogP contribution in [0.15, 0.2) is 60.9 Å². The van der Waals surface area contributed by atoms with Gasteiger partial charge in [0.05, 0.1) is 0 Å². The zero-order valence-electron chi connectivity index (χ0n) is 14.8. The van der Waals surface area contributed by atoms with Crippen molar-refractivity contribution in [1.82, 2.24) is 20.2 Å². The number of urea groups is 1.